The van der Waals surface area contributed by atoms with E-state index in [1.54, 1.807) is 18.2 Å². The minimum Gasteiger partial charge on any atom is -0.478 e. The van der Waals surface area contributed by atoms with Crippen LogP contribution in [0.2, 0.25) is 0 Å². The summed E-state index contributed by atoms with van der Waals surface area (Å²) in [7, 11) is 0. The topological polar surface area (TPSA) is 86.7 Å². The Labute approximate surface area is 184 Å². The van der Waals surface area contributed by atoms with Gasteiger partial charge in [0, 0.05) is 18.7 Å². The number of aryl methyl sites for hydroxylation is 1. The number of aromatic carboxylic acids is 1. The molecule has 0 aliphatic carbocycles. The number of rotatable bonds is 7. The van der Waals surface area contributed by atoms with Gasteiger partial charge < -0.3 is 10.4 Å². The Balaban J connectivity index is 1.60. The van der Waals surface area contributed by atoms with E-state index in [1.807, 2.05) is 24.3 Å². The second-order valence-electron chi connectivity index (χ2n) is 6.61. The maximum absolute atomic E-state index is 12.7. The van der Waals surface area contributed by atoms with Crippen molar-refractivity contribution in [2.45, 2.75) is 19.8 Å². The quantitative estimate of drug-likeness (QED) is 0.496. The molecule has 0 atom stereocenters. The number of carbonyl (C=O) groups excluding carboxylic acids is 2. The number of amides is 2. The van der Waals surface area contributed by atoms with Crippen LogP contribution in [0.3, 0.4) is 0 Å². The molecule has 0 unspecified atom stereocenters. The highest BCUT2D eigenvalue weighted by Gasteiger charge is 2.32. The number of benzene rings is 2. The van der Waals surface area contributed by atoms with Crippen LogP contribution < -0.4 is 5.32 Å². The molecule has 1 aliphatic rings. The van der Waals surface area contributed by atoms with Crippen LogP contribution in [0.25, 0.3) is 6.08 Å². The molecule has 2 amide bonds. The van der Waals surface area contributed by atoms with Gasteiger partial charge in [0.25, 0.3) is 5.91 Å². The molecule has 1 heterocycles. The zero-order valence-electron chi connectivity index (χ0n) is 16.3. The maximum Gasteiger partial charge on any atom is 0.335 e. The summed E-state index contributed by atoms with van der Waals surface area (Å²) in [6.45, 7) is 2.24. The van der Waals surface area contributed by atoms with Gasteiger partial charge in [-0.1, -0.05) is 61.2 Å². The molecule has 154 valence electrons. The molecule has 6 nitrogen and oxygen atoms in total. The van der Waals surface area contributed by atoms with Crippen LogP contribution in [0.1, 0.15) is 34.8 Å². The van der Waals surface area contributed by atoms with Gasteiger partial charge in [-0.2, -0.15) is 0 Å². The number of nitrogens with zero attached hydrogens (tertiary/aromatic N) is 1. The monoisotopic (exact) mass is 440 g/mol. The number of thioether (sulfide) groups is 1. The number of hydrogen-bond donors (Lipinski definition) is 2. The third-order valence-electron chi connectivity index (χ3n) is 4.52. The van der Waals surface area contributed by atoms with Crippen molar-refractivity contribution in [1.29, 1.82) is 0 Å². The van der Waals surface area contributed by atoms with Crippen molar-refractivity contribution >= 4 is 57.8 Å². The lowest BCUT2D eigenvalue weighted by Crippen LogP contribution is -2.31. The van der Waals surface area contributed by atoms with Crippen molar-refractivity contribution in [3.8, 4) is 0 Å². The molecular weight excluding hydrogens is 420 g/mol. The minimum absolute atomic E-state index is 0.0439. The molecule has 2 N–H and O–H groups in total. The Hall–Kier alpha value is -2.97. The molecule has 0 radical (unpaired) electrons. The summed E-state index contributed by atoms with van der Waals surface area (Å²) in [5.74, 6) is -1.62. The van der Waals surface area contributed by atoms with Crippen LogP contribution in [0.15, 0.2) is 53.4 Å². The number of nitrogens with one attached hydrogen (secondary N) is 1. The predicted octanol–water partition coefficient (Wildman–Crippen LogP) is 4.18. The molecule has 0 aromatic heterocycles. The molecule has 30 heavy (non-hydrogen) atoms. The first kappa shape index (κ1) is 21.7. The lowest BCUT2D eigenvalue weighted by atomic mass is 10.1. The number of carbonyl (C=O) groups is 3. The second kappa shape index (κ2) is 9.69. The van der Waals surface area contributed by atoms with Crippen molar-refractivity contribution in [2.24, 2.45) is 0 Å². The minimum atomic E-state index is -1.07. The molecular formula is C22H20N2O4S2. The summed E-state index contributed by atoms with van der Waals surface area (Å²) in [5, 5.41) is 11.7. The van der Waals surface area contributed by atoms with Crippen LogP contribution in [0.4, 0.5) is 5.69 Å². The summed E-state index contributed by atoms with van der Waals surface area (Å²) in [5.41, 5.74) is 2.62. The van der Waals surface area contributed by atoms with Crippen molar-refractivity contribution in [1.82, 2.24) is 4.90 Å². The van der Waals surface area contributed by atoms with Crippen molar-refractivity contribution in [2.75, 3.05) is 11.9 Å². The fraction of sp³-hybridized carbons (Fsp3) is 0.182. The van der Waals surface area contributed by atoms with E-state index in [1.165, 1.54) is 34.4 Å². The normalized spacial score (nSPS) is 15.0. The standard InChI is InChI=1S/C22H20N2O4S2/c1-2-14-6-8-15(9-7-14)12-18-20(26)24(22(29)30-18)11-10-19(25)23-17-5-3-4-16(13-17)21(27)28/h3-9,12-13H,2,10-11H2,1H3,(H,23,25)(H,27,28)/b18-12-. The van der Waals surface area contributed by atoms with E-state index in [9.17, 15) is 14.4 Å². The van der Waals surface area contributed by atoms with Crippen molar-refractivity contribution in [3.05, 3.63) is 70.1 Å². The number of anilines is 1. The molecule has 0 spiro atoms. The molecule has 1 aliphatic heterocycles. The Morgan fingerprint density at radius 1 is 1.20 bits per heavy atom. The maximum atomic E-state index is 12.7. The van der Waals surface area contributed by atoms with Gasteiger partial charge >= 0.3 is 5.97 Å². The summed E-state index contributed by atoms with van der Waals surface area (Å²) < 4.78 is 0.414. The van der Waals surface area contributed by atoms with E-state index < -0.39 is 5.97 Å². The predicted molar refractivity (Wildman–Crippen MR) is 122 cm³/mol. The third-order valence-corrected chi connectivity index (χ3v) is 5.89. The smallest absolute Gasteiger partial charge is 0.335 e. The molecule has 2 aromatic carbocycles. The Kier molecular flexibility index (Phi) is 7.02. The molecule has 3 rings (SSSR count). The average Bonchev–Trinajstić information content (AvgIpc) is 2.99. The van der Waals surface area contributed by atoms with E-state index >= 15 is 0 Å². The molecule has 0 bridgehead atoms. The lowest BCUT2D eigenvalue weighted by molar-refractivity contribution is -0.122. The Bertz CT molecular complexity index is 1030. The first-order valence-electron chi connectivity index (χ1n) is 9.35. The average molecular weight is 441 g/mol. The van der Waals surface area contributed by atoms with Gasteiger partial charge in [0.1, 0.15) is 4.32 Å². The van der Waals surface area contributed by atoms with Crippen molar-refractivity contribution in [3.63, 3.8) is 0 Å². The summed E-state index contributed by atoms with van der Waals surface area (Å²) in [4.78, 5) is 37.9. The highest BCUT2D eigenvalue weighted by molar-refractivity contribution is 8.26. The Morgan fingerprint density at radius 3 is 2.60 bits per heavy atom. The molecule has 1 saturated heterocycles. The van der Waals surface area contributed by atoms with Gasteiger partial charge in [-0.05, 0) is 41.8 Å². The van der Waals surface area contributed by atoms with Crippen LogP contribution in [-0.2, 0) is 16.0 Å². The fourth-order valence-corrected chi connectivity index (χ4v) is 4.17. The first-order valence-corrected chi connectivity index (χ1v) is 10.6. The van der Waals surface area contributed by atoms with E-state index in [4.69, 9.17) is 17.3 Å². The van der Waals surface area contributed by atoms with Gasteiger partial charge in [-0.15, -0.1) is 0 Å². The van der Waals surface area contributed by atoms with Gasteiger partial charge in [0.05, 0.1) is 10.5 Å². The third kappa shape index (κ3) is 5.34. The van der Waals surface area contributed by atoms with Gasteiger partial charge in [0.2, 0.25) is 5.91 Å². The van der Waals surface area contributed by atoms with Gasteiger partial charge in [-0.3, -0.25) is 14.5 Å². The summed E-state index contributed by atoms with van der Waals surface area (Å²) >= 11 is 6.53. The summed E-state index contributed by atoms with van der Waals surface area (Å²) in [6, 6.07) is 14.0. The number of carboxylic acids is 1. The van der Waals surface area contributed by atoms with Crippen LogP contribution in [0, 0.1) is 0 Å². The first-order chi connectivity index (χ1) is 14.4. The summed E-state index contributed by atoms with van der Waals surface area (Å²) in [6.07, 6.45) is 2.80. The van der Waals surface area contributed by atoms with Gasteiger partial charge in [0.15, 0.2) is 0 Å². The second-order valence-corrected chi connectivity index (χ2v) is 8.29. The number of carboxylic acid groups (broad SMARTS) is 1. The Morgan fingerprint density at radius 2 is 1.93 bits per heavy atom. The van der Waals surface area contributed by atoms with Crippen LogP contribution in [0.5, 0.6) is 0 Å². The van der Waals surface area contributed by atoms with E-state index in [-0.39, 0.29) is 30.3 Å². The largest absolute Gasteiger partial charge is 0.478 e. The zero-order valence-corrected chi connectivity index (χ0v) is 17.9. The van der Waals surface area contributed by atoms with Crippen LogP contribution in [-0.4, -0.2) is 38.7 Å². The van der Waals surface area contributed by atoms with E-state index in [0.29, 0.717) is 14.9 Å². The number of thiocarbonyl (C=S) groups is 1. The van der Waals surface area contributed by atoms with Crippen LogP contribution >= 0.6 is 24.0 Å². The van der Waals surface area contributed by atoms with E-state index in [2.05, 4.69) is 12.2 Å². The highest BCUT2D eigenvalue weighted by Crippen LogP contribution is 2.32. The highest BCUT2D eigenvalue weighted by atomic mass is 32.2. The number of hydrogen-bond acceptors (Lipinski definition) is 5. The van der Waals surface area contributed by atoms with Crippen molar-refractivity contribution < 1.29 is 19.5 Å². The molecule has 0 saturated carbocycles. The molecule has 2 aromatic rings. The van der Waals surface area contributed by atoms with Gasteiger partial charge in [-0.25, -0.2) is 4.79 Å². The molecule has 1 fully saturated rings. The zero-order chi connectivity index (χ0) is 21.7. The SMILES string of the molecule is CCc1ccc(/C=C2\SC(=S)N(CCC(=O)Nc3cccc(C(=O)O)c3)C2=O)cc1. The fourth-order valence-electron chi connectivity index (χ4n) is 2.86. The van der Waals surface area contributed by atoms with E-state index in [0.717, 1.165) is 12.0 Å². The molecule has 8 heteroatoms. The lowest BCUT2D eigenvalue weighted by Gasteiger charge is -2.14.